The van der Waals surface area contributed by atoms with Gasteiger partial charge in [-0.3, -0.25) is 0 Å². The molecule has 106 valence electrons. The fraction of sp³-hybridized carbons (Fsp3) is 0.500. The van der Waals surface area contributed by atoms with Gasteiger partial charge in [-0.1, -0.05) is 31.9 Å². The highest BCUT2D eigenvalue weighted by Gasteiger charge is 2.36. The minimum atomic E-state index is -0.674. The van der Waals surface area contributed by atoms with Crippen molar-refractivity contribution >= 4 is 5.97 Å². The first-order valence-corrected chi connectivity index (χ1v) is 7.41. The van der Waals surface area contributed by atoms with Gasteiger partial charge in [-0.25, -0.2) is 4.79 Å². The van der Waals surface area contributed by atoms with Crippen molar-refractivity contribution in [3.63, 3.8) is 0 Å². The first-order valence-electron chi connectivity index (χ1n) is 7.41. The molecule has 2 rings (SSSR count). The van der Waals surface area contributed by atoms with Crippen molar-refractivity contribution < 1.29 is 9.53 Å². The monoisotopic (exact) mass is 270 g/mol. The van der Waals surface area contributed by atoms with Crippen LogP contribution in [0.2, 0.25) is 0 Å². The van der Waals surface area contributed by atoms with Gasteiger partial charge < -0.3 is 4.74 Å². The van der Waals surface area contributed by atoms with E-state index in [1.807, 2.05) is 24.3 Å². The van der Waals surface area contributed by atoms with Gasteiger partial charge in [0.15, 0.2) is 5.60 Å². The van der Waals surface area contributed by atoms with E-state index >= 15 is 0 Å². The average Bonchev–Trinajstić information content (AvgIpc) is 2.95. The minimum absolute atomic E-state index is 0.305. The van der Waals surface area contributed by atoms with E-state index in [0.717, 1.165) is 32.1 Å². The standard InChI is InChI=1S/C18H22O2/c1-4-14(3)15-8-10-16(11-9-15)17(19)20-18(5-2)12-6-7-13-18/h2,8-11,14H,4,6-7,12-13H2,1,3H3. The smallest absolute Gasteiger partial charge is 0.339 e. The molecule has 20 heavy (non-hydrogen) atoms. The zero-order valence-corrected chi connectivity index (χ0v) is 12.3. The molecular formula is C18H22O2. The predicted octanol–water partition coefficient (Wildman–Crippen LogP) is 4.30. The van der Waals surface area contributed by atoms with Crippen LogP contribution in [0.1, 0.15) is 67.8 Å². The number of terminal acetylenes is 1. The lowest BCUT2D eigenvalue weighted by Crippen LogP contribution is -2.30. The Bertz CT molecular complexity index is 501. The number of hydrogen-bond donors (Lipinski definition) is 0. The van der Waals surface area contributed by atoms with E-state index in [1.165, 1.54) is 5.56 Å². The van der Waals surface area contributed by atoms with Crippen LogP contribution in [0.5, 0.6) is 0 Å². The molecule has 0 bridgehead atoms. The lowest BCUT2D eigenvalue weighted by atomic mass is 9.97. The fourth-order valence-electron chi connectivity index (χ4n) is 2.64. The summed E-state index contributed by atoms with van der Waals surface area (Å²) in [5, 5.41) is 0. The SMILES string of the molecule is C#CC1(OC(=O)c2ccc(C(C)CC)cc2)CCCC1. The van der Waals surface area contributed by atoms with E-state index in [0.29, 0.717) is 11.5 Å². The third-order valence-electron chi connectivity index (χ3n) is 4.29. The van der Waals surface area contributed by atoms with E-state index in [2.05, 4.69) is 19.8 Å². The van der Waals surface area contributed by atoms with Crippen LogP contribution in [-0.4, -0.2) is 11.6 Å². The third-order valence-corrected chi connectivity index (χ3v) is 4.29. The highest BCUT2D eigenvalue weighted by molar-refractivity contribution is 5.90. The molecule has 1 aliphatic carbocycles. The molecule has 2 heteroatoms. The average molecular weight is 270 g/mol. The minimum Gasteiger partial charge on any atom is -0.442 e. The number of ether oxygens (including phenoxy) is 1. The Morgan fingerprint density at radius 2 is 1.95 bits per heavy atom. The van der Waals surface area contributed by atoms with Crippen molar-refractivity contribution in [2.24, 2.45) is 0 Å². The summed E-state index contributed by atoms with van der Waals surface area (Å²) in [7, 11) is 0. The summed E-state index contributed by atoms with van der Waals surface area (Å²) >= 11 is 0. The van der Waals surface area contributed by atoms with Crippen LogP contribution in [0.25, 0.3) is 0 Å². The molecule has 0 radical (unpaired) electrons. The van der Waals surface area contributed by atoms with E-state index in [4.69, 9.17) is 11.2 Å². The summed E-state index contributed by atoms with van der Waals surface area (Å²) in [6.45, 7) is 4.34. The van der Waals surface area contributed by atoms with E-state index < -0.39 is 5.60 Å². The molecule has 1 aromatic rings. The van der Waals surface area contributed by atoms with E-state index in [1.54, 1.807) is 0 Å². The highest BCUT2D eigenvalue weighted by Crippen LogP contribution is 2.33. The van der Waals surface area contributed by atoms with Gasteiger partial charge in [0.2, 0.25) is 0 Å². The van der Waals surface area contributed by atoms with E-state index in [9.17, 15) is 4.79 Å². The van der Waals surface area contributed by atoms with Crippen LogP contribution >= 0.6 is 0 Å². The number of carbonyl (C=O) groups is 1. The topological polar surface area (TPSA) is 26.3 Å². The van der Waals surface area contributed by atoms with Gasteiger partial charge in [0.25, 0.3) is 0 Å². The summed E-state index contributed by atoms with van der Waals surface area (Å²) in [6, 6.07) is 7.68. The molecule has 0 aromatic heterocycles. The lowest BCUT2D eigenvalue weighted by molar-refractivity contribution is 0.0104. The zero-order chi connectivity index (χ0) is 14.6. The van der Waals surface area contributed by atoms with Gasteiger partial charge in [0, 0.05) is 0 Å². The van der Waals surface area contributed by atoms with Gasteiger partial charge in [-0.2, -0.15) is 0 Å². The van der Waals surface area contributed by atoms with Crippen LogP contribution in [0.15, 0.2) is 24.3 Å². The van der Waals surface area contributed by atoms with Crippen LogP contribution in [-0.2, 0) is 4.74 Å². The Balaban J connectivity index is 2.08. The van der Waals surface area contributed by atoms with Gasteiger partial charge in [0.1, 0.15) is 0 Å². The number of rotatable bonds is 4. The van der Waals surface area contributed by atoms with Crippen molar-refractivity contribution in [1.82, 2.24) is 0 Å². The van der Waals surface area contributed by atoms with Crippen molar-refractivity contribution in [1.29, 1.82) is 0 Å². The maximum absolute atomic E-state index is 12.2. The summed E-state index contributed by atoms with van der Waals surface area (Å²) in [5.41, 5.74) is 1.15. The van der Waals surface area contributed by atoms with Gasteiger partial charge >= 0.3 is 5.97 Å². The van der Waals surface area contributed by atoms with Gasteiger partial charge in [-0.15, -0.1) is 6.42 Å². The van der Waals surface area contributed by atoms with Crippen molar-refractivity contribution in [2.75, 3.05) is 0 Å². The number of carbonyl (C=O) groups excluding carboxylic acids is 1. The zero-order valence-electron chi connectivity index (χ0n) is 12.3. The molecule has 0 amide bonds. The molecule has 0 N–H and O–H groups in total. The third kappa shape index (κ3) is 3.04. The van der Waals surface area contributed by atoms with Crippen LogP contribution in [0.3, 0.4) is 0 Å². The van der Waals surface area contributed by atoms with Gasteiger partial charge in [0.05, 0.1) is 5.56 Å². The maximum atomic E-state index is 12.2. The largest absolute Gasteiger partial charge is 0.442 e. The molecule has 1 atom stereocenters. The number of esters is 1. The predicted molar refractivity (Wildman–Crippen MR) is 80.6 cm³/mol. The second-order valence-corrected chi connectivity index (χ2v) is 5.67. The molecule has 1 aromatic carbocycles. The highest BCUT2D eigenvalue weighted by atomic mass is 16.6. The van der Waals surface area contributed by atoms with Crippen LogP contribution < -0.4 is 0 Å². The van der Waals surface area contributed by atoms with Gasteiger partial charge in [-0.05, 0) is 55.7 Å². The molecule has 1 aliphatic rings. The quantitative estimate of drug-likeness (QED) is 0.602. The van der Waals surface area contributed by atoms with Crippen molar-refractivity contribution in [2.45, 2.75) is 57.5 Å². The summed E-state index contributed by atoms with van der Waals surface area (Å²) in [6.07, 6.45) is 10.3. The molecule has 1 fully saturated rings. The summed E-state index contributed by atoms with van der Waals surface area (Å²) in [4.78, 5) is 12.2. The maximum Gasteiger partial charge on any atom is 0.339 e. The second kappa shape index (κ2) is 6.13. The van der Waals surface area contributed by atoms with Crippen molar-refractivity contribution in [3.8, 4) is 12.3 Å². The Morgan fingerprint density at radius 3 is 2.45 bits per heavy atom. The molecule has 0 spiro atoms. The number of hydrogen-bond acceptors (Lipinski definition) is 2. The molecular weight excluding hydrogens is 248 g/mol. The summed E-state index contributed by atoms with van der Waals surface area (Å²) in [5.74, 6) is 2.88. The normalized spacial score (nSPS) is 18.2. The van der Waals surface area contributed by atoms with Crippen LogP contribution in [0, 0.1) is 12.3 Å². The molecule has 0 aliphatic heterocycles. The second-order valence-electron chi connectivity index (χ2n) is 5.67. The molecule has 0 saturated heterocycles. The van der Waals surface area contributed by atoms with Crippen molar-refractivity contribution in [3.05, 3.63) is 35.4 Å². The Morgan fingerprint density at radius 1 is 1.35 bits per heavy atom. The Kier molecular flexibility index (Phi) is 4.49. The molecule has 0 heterocycles. The fourth-order valence-corrected chi connectivity index (χ4v) is 2.64. The summed E-state index contributed by atoms with van der Waals surface area (Å²) < 4.78 is 5.59. The van der Waals surface area contributed by atoms with Crippen LogP contribution in [0.4, 0.5) is 0 Å². The van der Waals surface area contributed by atoms with E-state index in [-0.39, 0.29) is 5.97 Å². The molecule has 1 unspecified atom stereocenters. The lowest BCUT2D eigenvalue weighted by Gasteiger charge is -2.23. The number of benzene rings is 1. The first-order chi connectivity index (χ1) is 9.60. The first kappa shape index (κ1) is 14.7. The Labute approximate surface area is 121 Å². The Hall–Kier alpha value is -1.75. The molecule has 2 nitrogen and oxygen atoms in total. The molecule has 1 saturated carbocycles.